The Hall–Kier alpha value is -1.49. The number of carbonyl (C=O) groups is 1. The third-order valence-corrected chi connectivity index (χ3v) is 2.33. The van der Waals surface area contributed by atoms with Gasteiger partial charge in [-0.25, -0.2) is 9.18 Å². The maximum atomic E-state index is 13.1. The molecule has 1 rings (SSSR count). The second-order valence-electron chi connectivity index (χ2n) is 4.05. The van der Waals surface area contributed by atoms with Crippen LogP contribution in [-0.4, -0.2) is 18.2 Å². The molecule has 0 aliphatic rings. The molecule has 0 aliphatic heterocycles. The molecule has 0 saturated heterocycles. The predicted molar refractivity (Wildman–Crippen MR) is 67.1 cm³/mol. The maximum absolute atomic E-state index is 13.1. The van der Waals surface area contributed by atoms with E-state index in [2.05, 4.69) is 0 Å². The van der Waals surface area contributed by atoms with Gasteiger partial charge in [-0.2, -0.15) is 0 Å². The van der Waals surface area contributed by atoms with Gasteiger partial charge in [-0.05, 0) is 26.8 Å². The van der Waals surface area contributed by atoms with E-state index in [1.165, 1.54) is 13.0 Å². The van der Waals surface area contributed by atoms with Gasteiger partial charge in [0, 0.05) is 6.07 Å². The van der Waals surface area contributed by atoms with E-state index in [0.717, 1.165) is 6.07 Å². The normalized spacial score (nSPS) is 12.3. The van der Waals surface area contributed by atoms with Crippen LogP contribution in [-0.2, 0) is 9.53 Å². The van der Waals surface area contributed by atoms with Crippen LogP contribution in [0.15, 0.2) is 12.1 Å². The molecular weight excluding hydrogens is 261 g/mol. The molecule has 0 aliphatic carbocycles. The summed E-state index contributed by atoms with van der Waals surface area (Å²) in [5.41, 5.74) is 5.29. The molecular formula is C12H15ClFNO3. The lowest BCUT2D eigenvalue weighted by atomic mass is 10.3. The van der Waals surface area contributed by atoms with Gasteiger partial charge < -0.3 is 15.2 Å². The highest BCUT2D eigenvalue weighted by molar-refractivity contribution is 6.32. The Morgan fingerprint density at radius 3 is 2.56 bits per heavy atom. The Balaban J connectivity index is 2.79. The number of halogens is 2. The number of esters is 1. The molecule has 0 radical (unpaired) electrons. The number of benzene rings is 1. The van der Waals surface area contributed by atoms with Crippen molar-refractivity contribution in [2.45, 2.75) is 33.0 Å². The molecule has 1 aromatic rings. The first kappa shape index (κ1) is 14.6. The molecule has 1 aromatic carbocycles. The Kier molecular flexibility index (Phi) is 4.78. The molecule has 0 heterocycles. The summed E-state index contributed by atoms with van der Waals surface area (Å²) in [6.07, 6.45) is -1.09. The fourth-order valence-corrected chi connectivity index (χ4v) is 1.40. The van der Waals surface area contributed by atoms with Gasteiger partial charge in [0.15, 0.2) is 6.10 Å². The summed E-state index contributed by atoms with van der Waals surface area (Å²) in [6.45, 7) is 4.97. The highest BCUT2D eigenvalue weighted by Gasteiger charge is 2.19. The number of hydrogen-bond acceptors (Lipinski definition) is 4. The van der Waals surface area contributed by atoms with E-state index >= 15 is 0 Å². The summed E-state index contributed by atoms with van der Waals surface area (Å²) in [7, 11) is 0. The van der Waals surface area contributed by atoms with Crippen LogP contribution in [0.5, 0.6) is 5.75 Å². The van der Waals surface area contributed by atoms with Crippen molar-refractivity contribution in [3.63, 3.8) is 0 Å². The molecule has 0 fully saturated rings. The van der Waals surface area contributed by atoms with Crippen molar-refractivity contribution in [3.8, 4) is 5.75 Å². The summed E-state index contributed by atoms with van der Waals surface area (Å²) in [5.74, 6) is -1.02. The van der Waals surface area contributed by atoms with Gasteiger partial charge in [-0.3, -0.25) is 0 Å². The molecule has 0 aromatic heterocycles. The van der Waals surface area contributed by atoms with Gasteiger partial charge in [0.05, 0.1) is 16.8 Å². The van der Waals surface area contributed by atoms with Gasteiger partial charge in [0.1, 0.15) is 11.6 Å². The summed E-state index contributed by atoms with van der Waals surface area (Å²) < 4.78 is 23.3. The van der Waals surface area contributed by atoms with Crippen LogP contribution in [0.1, 0.15) is 20.8 Å². The monoisotopic (exact) mass is 275 g/mol. The molecule has 0 spiro atoms. The highest BCUT2D eigenvalue weighted by atomic mass is 35.5. The van der Waals surface area contributed by atoms with Crippen LogP contribution in [0.4, 0.5) is 10.1 Å². The highest BCUT2D eigenvalue weighted by Crippen LogP contribution is 2.29. The molecule has 100 valence electrons. The van der Waals surface area contributed by atoms with Crippen molar-refractivity contribution in [1.29, 1.82) is 0 Å². The lowest BCUT2D eigenvalue weighted by Crippen LogP contribution is -2.28. The fraction of sp³-hybridized carbons (Fsp3) is 0.417. The van der Waals surface area contributed by atoms with Crippen molar-refractivity contribution in [2.75, 3.05) is 5.73 Å². The molecule has 0 saturated carbocycles. The minimum atomic E-state index is -0.852. The quantitative estimate of drug-likeness (QED) is 0.678. The second kappa shape index (κ2) is 5.91. The fourth-order valence-electron chi connectivity index (χ4n) is 1.20. The predicted octanol–water partition coefficient (Wildman–Crippen LogP) is 2.78. The van der Waals surface area contributed by atoms with E-state index in [1.807, 2.05) is 0 Å². The molecule has 0 bridgehead atoms. The van der Waals surface area contributed by atoms with Crippen LogP contribution < -0.4 is 10.5 Å². The molecule has 1 unspecified atom stereocenters. The molecule has 1 atom stereocenters. The molecule has 18 heavy (non-hydrogen) atoms. The summed E-state index contributed by atoms with van der Waals surface area (Å²) in [4.78, 5) is 11.5. The first-order chi connectivity index (χ1) is 8.31. The summed E-state index contributed by atoms with van der Waals surface area (Å²) in [6, 6.07) is 2.27. The SMILES string of the molecule is CC(C)OC(=O)C(C)Oc1cc(N)c(F)cc1Cl. The van der Waals surface area contributed by atoms with Gasteiger partial charge in [-0.15, -0.1) is 0 Å². The van der Waals surface area contributed by atoms with Crippen molar-refractivity contribution in [2.24, 2.45) is 0 Å². The van der Waals surface area contributed by atoms with Gasteiger partial charge in [0.2, 0.25) is 0 Å². The lowest BCUT2D eigenvalue weighted by molar-refractivity contribution is -0.154. The van der Waals surface area contributed by atoms with Crippen LogP contribution in [0.2, 0.25) is 5.02 Å². The van der Waals surface area contributed by atoms with E-state index in [0.29, 0.717) is 0 Å². The minimum Gasteiger partial charge on any atom is -0.477 e. The molecule has 2 N–H and O–H groups in total. The van der Waals surface area contributed by atoms with E-state index in [1.54, 1.807) is 13.8 Å². The zero-order valence-electron chi connectivity index (χ0n) is 10.4. The van der Waals surface area contributed by atoms with Crippen LogP contribution in [0.25, 0.3) is 0 Å². The van der Waals surface area contributed by atoms with E-state index in [-0.39, 0.29) is 22.6 Å². The smallest absolute Gasteiger partial charge is 0.347 e. The third-order valence-electron chi connectivity index (χ3n) is 2.04. The van der Waals surface area contributed by atoms with Gasteiger partial charge in [0.25, 0.3) is 0 Å². The zero-order valence-corrected chi connectivity index (χ0v) is 11.1. The number of carbonyl (C=O) groups excluding carboxylic acids is 1. The average Bonchev–Trinajstić information content (AvgIpc) is 2.24. The van der Waals surface area contributed by atoms with E-state index in [4.69, 9.17) is 26.8 Å². The largest absolute Gasteiger partial charge is 0.477 e. The lowest BCUT2D eigenvalue weighted by Gasteiger charge is -2.16. The Labute approximate surface area is 110 Å². The topological polar surface area (TPSA) is 61.5 Å². The number of nitrogens with two attached hydrogens (primary N) is 1. The van der Waals surface area contributed by atoms with Crippen LogP contribution in [0.3, 0.4) is 0 Å². The number of ether oxygens (including phenoxy) is 2. The standard InChI is InChI=1S/C12H15ClFNO3/c1-6(2)17-12(16)7(3)18-11-5-10(15)9(14)4-8(11)13/h4-7H,15H2,1-3H3. The van der Waals surface area contributed by atoms with Crippen molar-refractivity contribution in [3.05, 3.63) is 23.0 Å². The van der Waals surface area contributed by atoms with Crippen LogP contribution in [0, 0.1) is 5.82 Å². The van der Waals surface area contributed by atoms with Crippen LogP contribution >= 0.6 is 11.6 Å². The summed E-state index contributed by atoms with van der Waals surface area (Å²) >= 11 is 5.78. The van der Waals surface area contributed by atoms with E-state index in [9.17, 15) is 9.18 Å². The third kappa shape index (κ3) is 3.77. The minimum absolute atomic E-state index is 0.0471. The van der Waals surface area contributed by atoms with Crippen molar-refractivity contribution >= 4 is 23.3 Å². The summed E-state index contributed by atoms with van der Waals surface area (Å²) in [5, 5.41) is 0.0471. The Bertz CT molecular complexity index is 451. The van der Waals surface area contributed by atoms with Crippen molar-refractivity contribution in [1.82, 2.24) is 0 Å². The van der Waals surface area contributed by atoms with Crippen molar-refractivity contribution < 1.29 is 18.7 Å². The average molecular weight is 276 g/mol. The molecule has 0 amide bonds. The number of hydrogen-bond donors (Lipinski definition) is 1. The Morgan fingerprint density at radius 2 is 2.00 bits per heavy atom. The molecule has 4 nitrogen and oxygen atoms in total. The van der Waals surface area contributed by atoms with Gasteiger partial charge >= 0.3 is 5.97 Å². The molecule has 6 heteroatoms. The van der Waals surface area contributed by atoms with Gasteiger partial charge in [-0.1, -0.05) is 11.6 Å². The van der Waals surface area contributed by atoms with E-state index < -0.39 is 17.9 Å². The first-order valence-corrected chi connectivity index (χ1v) is 5.80. The number of nitrogen functional groups attached to an aromatic ring is 1. The first-order valence-electron chi connectivity index (χ1n) is 5.43. The second-order valence-corrected chi connectivity index (χ2v) is 4.46. The number of rotatable bonds is 4. The number of anilines is 1. The maximum Gasteiger partial charge on any atom is 0.347 e. The Morgan fingerprint density at radius 1 is 1.39 bits per heavy atom. The zero-order chi connectivity index (χ0) is 13.9.